The highest BCUT2D eigenvalue weighted by Crippen LogP contribution is 2.06. The van der Waals surface area contributed by atoms with Crippen LogP contribution in [0.2, 0.25) is 0 Å². The number of carbonyl (C=O) groups is 2. The van der Waals surface area contributed by atoms with Gasteiger partial charge in [-0.1, -0.05) is 60.7 Å². The molecule has 0 saturated heterocycles. The van der Waals surface area contributed by atoms with Crippen LogP contribution in [0.5, 0.6) is 0 Å². The molecule has 0 bridgehead atoms. The lowest BCUT2D eigenvalue weighted by atomic mass is 10.2. The maximum atomic E-state index is 11.6. The van der Waals surface area contributed by atoms with Crippen LogP contribution in [0.1, 0.15) is 36.8 Å². The molecular weight excluding hydrogens is 328 g/mol. The number of hydrogen-bond acceptors (Lipinski definition) is 4. The molecule has 0 aliphatic heterocycles. The van der Waals surface area contributed by atoms with Crippen LogP contribution in [0.3, 0.4) is 0 Å². The number of carbonyl (C=O) groups excluding carboxylic acids is 2. The Hall–Kier alpha value is -3.14. The van der Waals surface area contributed by atoms with E-state index in [-0.39, 0.29) is 24.8 Å². The first kappa shape index (κ1) is 19.2. The molecule has 0 N–H and O–H groups in total. The smallest absolute Gasteiger partial charge is 0.310 e. The van der Waals surface area contributed by atoms with Gasteiger partial charge in [0.25, 0.3) is 0 Å². The Kier molecular flexibility index (Phi) is 8.43. The maximum Gasteiger partial charge on any atom is 0.310 e. The van der Waals surface area contributed by atoms with Gasteiger partial charge in [-0.25, -0.2) is 0 Å². The maximum absolute atomic E-state index is 11.6. The predicted octanol–water partition coefficient (Wildman–Crippen LogP) is 4.98. The van der Waals surface area contributed by atoms with Crippen molar-refractivity contribution >= 4 is 24.1 Å². The van der Waals surface area contributed by atoms with Crippen molar-refractivity contribution in [2.45, 2.75) is 25.7 Å². The van der Waals surface area contributed by atoms with Crippen LogP contribution in [0.15, 0.2) is 73.2 Å². The van der Waals surface area contributed by atoms with E-state index in [0.29, 0.717) is 12.8 Å². The molecule has 0 aliphatic rings. The van der Waals surface area contributed by atoms with E-state index in [1.165, 1.54) is 12.5 Å². The van der Waals surface area contributed by atoms with Gasteiger partial charge >= 0.3 is 11.9 Å². The zero-order valence-electron chi connectivity index (χ0n) is 14.5. The van der Waals surface area contributed by atoms with Crippen LogP contribution in [0, 0.1) is 0 Å². The number of rotatable bonds is 9. The van der Waals surface area contributed by atoms with E-state index < -0.39 is 0 Å². The van der Waals surface area contributed by atoms with E-state index in [0.717, 1.165) is 11.1 Å². The van der Waals surface area contributed by atoms with Crippen molar-refractivity contribution < 1.29 is 19.1 Å². The van der Waals surface area contributed by atoms with Crippen molar-refractivity contribution in [1.29, 1.82) is 0 Å². The van der Waals surface area contributed by atoms with Gasteiger partial charge in [-0.05, 0) is 36.1 Å². The zero-order chi connectivity index (χ0) is 18.5. The fraction of sp³-hybridized carbons (Fsp3) is 0.182. The Morgan fingerprint density at radius 1 is 0.654 bits per heavy atom. The third-order valence-electron chi connectivity index (χ3n) is 3.53. The van der Waals surface area contributed by atoms with Crippen LogP contribution in [-0.4, -0.2) is 11.9 Å². The summed E-state index contributed by atoms with van der Waals surface area (Å²) in [4.78, 5) is 23.2. The molecule has 0 heterocycles. The second-order valence-corrected chi connectivity index (χ2v) is 5.61. The fourth-order valence-corrected chi connectivity index (χ4v) is 2.16. The number of esters is 2. The van der Waals surface area contributed by atoms with Crippen molar-refractivity contribution in [3.8, 4) is 0 Å². The minimum Gasteiger partial charge on any atom is -0.434 e. The van der Waals surface area contributed by atoms with Crippen LogP contribution in [0.4, 0.5) is 0 Å². The minimum absolute atomic E-state index is 0.270. The number of ether oxygens (including phenoxy) is 2. The molecular formula is C22H22O4. The highest BCUT2D eigenvalue weighted by atomic mass is 16.5. The highest BCUT2D eigenvalue weighted by Gasteiger charge is 2.04. The number of benzene rings is 2. The van der Waals surface area contributed by atoms with Gasteiger partial charge in [-0.15, -0.1) is 0 Å². The summed E-state index contributed by atoms with van der Waals surface area (Å²) >= 11 is 0. The summed E-state index contributed by atoms with van der Waals surface area (Å²) in [6.07, 6.45) is 7.94. The normalized spacial score (nSPS) is 10.9. The van der Waals surface area contributed by atoms with Crippen molar-refractivity contribution in [3.63, 3.8) is 0 Å². The Balaban J connectivity index is 1.55. The third-order valence-corrected chi connectivity index (χ3v) is 3.53. The van der Waals surface area contributed by atoms with Crippen LogP contribution in [-0.2, 0) is 19.1 Å². The monoisotopic (exact) mass is 350 g/mol. The summed E-state index contributed by atoms with van der Waals surface area (Å²) < 4.78 is 10.0. The average Bonchev–Trinajstić information content (AvgIpc) is 2.67. The molecule has 0 amide bonds. The molecule has 0 aromatic heterocycles. The molecule has 134 valence electrons. The number of unbranched alkanes of at least 4 members (excludes halogenated alkanes) is 1. The highest BCUT2D eigenvalue weighted by molar-refractivity contribution is 5.72. The van der Waals surface area contributed by atoms with Crippen molar-refractivity contribution in [3.05, 3.63) is 84.3 Å². The quantitative estimate of drug-likeness (QED) is 0.364. The van der Waals surface area contributed by atoms with E-state index in [2.05, 4.69) is 0 Å². The lowest BCUT2D eigenvalue weighted by molar-refractivity contribution is -0.140. The summed E-state index contributed by atoms with van der Waals surface area (Å²) in [5.41, 5.74) is 1.93. The van der Waals surface area contributed by atoms with Gasteiger partial charge in [0.1, 0.15) is 0 Å². The standard InChI is InChI=1S/C22H22O4/c23-21(25-17-15-19-9-3-1-4-10-19)13-7-8-14-22(24)26-18-16-20-11-5-2-6-12-20/h1-6,9-12,15-18H,7-8,13-14H2/b17-15+,18-16+. The third kappa shape index (κ3) is 8.11. The minimum atomic E-state index is -0.311. The van der Waals surface area contributed by atoms with E-state index in [1.807, 2.05) is 60.7 Å². The Bertz CT molecular complexity index is 668. The molecule has 0 saturated carbocycles. The van der Waals surface area contributed by atoms with Gasteiger partial charge in [0, 0.05) is 12.8 Å². The molecule has 0 unspecified atom stereocenters. The fourth-order valence-electron chi connectivity index (χ4n) is 2.16. The molecule has 4 heteroatoms. The molecule has 0 radical (unpaired) electrons. The molecule has 0 aliphatic carbocycles. The van der Waals surface area contributed by atoms with Crippen LogP contribution < -0.4 is 0 Å². The molecule has 2 rings (SSSR count). The van der Waals surface area contributed by atoms with Crippen molar-refractivity contribution in [2.75, 3.05) is 0 Å². The van der Waals surface area contributed by atoms with E-state index >= 15 is 0 Å². The summed E-state index contributed by atoms with van der Waals surface area (Å²) in [5, 5.41) is 0. The molecule has 2 aromatic carbocycles. The molecule has 0 spiro atoms. The van der Waals surface area contributed by atoms with E-state index in [9.17, 15) is 9.59 Å². The lowest BCUT2D eigenvalue weighted by Crippen LogP contribution is -2.02. The van der Waals surface area contributed by atoms with Gasteiger partial charge in [0.15, 0.2) is 0 Å². The van der Waals surface area contributed by atoms with Crippen LogP contribution >= 0.6 is 0 Å². The second kappa shape index (κ2) is 11.4. The summed E-state index contributed by atoms with van der Waals surface area (Å²) in [6.45, 7) is 0. The first-order chi connectivity index (χ1) is 12.7. The van der Waals surface area contributed by atoms with Gasteiger partial charge in [0.2, 0.25) is 0 Å². The molecule has 2 aromatic rings. The van der Waals surface area contributed by atoms with Gasteiger partial charge in [-0.3, -0.25) is 9.59 Å². The summed E-state index contributed by atoms with van der Waals surface area (Å²) in [5.74, 6) is -0.621. The molecule has 4 nitrogen and oxygen atoms in total. The Morgan fingerprint density at radius 3 is 1.42 bits per heavy atom. The van der Waals surface area contributed by atoms with Gasteiger partial charge in [0.05, 0.1) is 12.5 Å². The van der Waals surface area contributed by atoms with E-state index in [4.69, 9.17) is 9.47 Å². The van der Waals surface area contributed by atoms with Crippen molar-refractivity contribution in [1.82, 2.24) is 0 Å². The molecule has 0 atom stereocenters. The number of hydrogen-bond donors (Lipinski definition) is 0. The largest absolute Gasteiger partial charge is 0.434 e. The Labute approximate surface area is 153 Å². The van der Waals surface area contributed by atoms with Crippen molar-refractivity contribution in [2.24, 2.45) is 0 Å². The summed E-state index contributed by atoms with van der Waals surface area (Å²) in [7, 11) is 0. The molecule has 26 heavy (non-hydrogen) atoms. The Morgan fingerprint density at radius 2 is 1.04 bits per heavy atom. The van der Waals surface area contributed by atoms with Gasteiger partial charge in [-0.2, -0.15) is 0 Å². The SMILES string of the molecule is O=C(CCCCC(=O)O/C=C/c1ccccc1)O/C=C/c1ccccc1. The van der Waals surface area contributed by atoms with E-state index in [1.54, 1.807) is 12.2 Å². The first-order valence-corrected chi connectivity index (χ1v) is 8.56. The lowest BCUT2D eigenvalue weighted by Gasteiger charge is -2.01. The first-order valence-electron chi connectivity index (χ1n) is 8.56. The topological polar surface area (TPSA) is 52.6 Å². The second-order valence-electron chi connectivity index (χ2n) is 5.61. The predicted molar refractivity (Wildman–Crippen MR) is 102 cm³/mol. The van der Waals surface area contributed by atoms with Gasteiger partial charge < -0.3 is 9.47 Å². The average molecular weight is 350 g/mol. The summed E-state index contributed by atoms with van der Waals surface area (Å²) in [6, 6.07) is 19.2. The molecule has 0 fully saturated rings. The van der Waals surface area contributed by atoms with Crippen LogP contribution in [0.25, 0.3) is 12.2 Å². The zero-order valence-corrected chi connectivity index (χ0v) is 14.5.